The molecule has 2 rings (SSSR count). The summed E-state index contributed by atoms with van der Waals surface area (Å²) >= 11 is 0. The molecule has 3 N–H and O–H groups in total. The molecule has 0 fully saturated rings. The first-order valence-electron chi connectivity index (χ1n) is 6.91. The van der Waals surface area contributed by atoms with Crippen molar-refractivity contribution in [1.29, 1.82) is 0 Å². The van der Waals surface area contributed by atoms with Crippen LogP contribution in [0, 0.1) is 19.7 Å². The fourth-order valence-electron chi connectivity index (χ4n) is 2.48. The van der Waals surface area contributed by atoms with E-state index in [0.29, 0.717) is 12.2 Å². The summed E-state index contributed by atoms with van der Waals surface area (Å²) in [6, 6.07) is 10.6. The van der Waals surface area contributed by atoms with E-state index in [1.165, 1.54) is 28.8 Å². The van der Waals surface area contributed by atoms with Gasteiger partial charge in [0.15, 0.2) is 0 Å². The Morgan fingerprint density at radius 1 is 1.19 bits per heavy atom. The molecule has 0 saturated heterocycles. The second-order valence-corrected chi connectivity index (χ2v) is 5.24. The van der Waals surface area contributed by atoms with Crippen LogP contribution in [0.2, 0.25) is 0 Å². The predicted molar refractivity (Wildman–Crippen MR) is 82.6 cm³/mol. The molecule has 112 valence electrons. The number of methoxy groups -OCH3 is 1. The average molecular weight is 288 g/mol. The van der Waals surface area contributed by atoms with Crippen LogP contribution in [-0.2, 0) is 6.42 Å². The minimum absolute atomic E-state index is 0.212. The number of aryl methyl sites for hydroxylation is 2. The highest BCUT2D eigenvalue weighted by Crippen LogP contribution is 2.29. The van der Waals surface area contributed by atoms with Crippen LogP contribution in [0.1, 0.15) is 28.3 Å². The van der Waals surface area contributed by atoms with E-state index in [0.717, 1.165) is 5.56 Å². The molecule has 0 amide bonds. The largest absolute Gasteiger partial charge is 0.496 e. The second-order valence-electron chi connectivity index (χ2n) is 5.24. The Morgan fingerprint density at radius 2 is 1.95 bits per heavy atom. The molecule has 0 bridgehead atoms. The highest BCUT2D eigenvalue weighted by Gasteiger charge is 2.17. The topological polar surface area (TPSA) is 47.3 Å². The van der Waals surface area contributed by atoms with Crippen molar-refractivity contribution in [3.63, 3.8) is 0 Å². The van der Waals surface area contributed by atoms with E-state index in [-0.39, 0.29) is 11.9 Å². The molecule has 0 aliphatic rings. The summed E-state index contributed by atoms with van der Waals surface area (Å²) in [5.41, 5.74) is 7.06. The van der Waals surface area contributed by atoms with Gasteiger partial charge < -0.3 is 4.74 Å². The van der Waals surface area contributed by atoms with E-state index < -0.39 is 0 Å². The quantitative estimate of drug-likeness (QED) is 0.656. The summed E-state index contributed by atoms with van der Waals surface area (Å²) in [7, 11) is 1.57. The van der Waals surface area contributed by atoms with Gasteiger partial charge in [0.2, 0.25) is 0 Å². The summed E-state index contributed by atoms with van der Waals surface area (Å²) < 4.78 is 18.9. The molecule has 2 aromatic carbocycles. The standard InChI is InChI=1S/C17H21FN2O/c1-11-4-5-12(2)13(8-11)9-16(20-19)15-10-14(18)6-7-17(15)21-3/h4-8,10,16,20H,9,19H2,1-3H3. The molecule has 0 heterocycles. The number of rotatable bonds is 5. The molecule has 0 aromatic heterocycles. The lowest BCUT2D eigenvalue weighted by Crippen LogP contribution is -2.30. The molecule has 4 heteroatoms. The van der Waals surface area contributed by atoms with Crippen LogP contribution in [-0.4, -0.2) is 7.11 Å². The van der Waals surface area contributed by atoms with Gasteiger partial charge in [-0.05, 0) is 49.6 Å². The number of hydrogen-bond acceptors (Lipinski definition) is 3. The lowest BCUT2D eigenvalue weighted by molar-refractivity contribution is 0.397. The summed E-state index contributed by atoms with van der Waals surface area (Å²) in [4.78, 5) is 0. The Morgan fingerprint density at radius 3 is 2.62 bits per heavy atom. The van der Waals surface area contributed by atoms with Gasteiger partial charge in [-0.25, -0.2) is 4.39 Å². The lowest BCUT2D eigenvalue weighted by Gasteiger charge is -2.20. The van der Waals surface area contributed by atoms with Crippen molar-refractivity contribution in [2.24, 2.45) is 5.84 Å². The van der Waals surface area contributed by atoms with E-state index in [1.807, 2.05) is 0 Å². The molecule has 1 unspecified atom stereocenters. The Bertz CT molecular complexity index is 628. The van der Waals surface area contributed by atoms with Gasteiger partial charge in [-0.1, -0.05) is 23.8 Å². The van der Waals surface area contributed by atoms with Gasteiger partial charge in [-0.15, -0.1) is 0 Å². The van der Waals surface area contributed by atoms with E-state index in [2.05, 4.69) is 37.5 Å². The zero-order valence-corrected chi connectivity index (χ0v) is 12.6. The number of nitrogens with two attached hydrogens (primary N) is 1. The maximum atomic E-state index is 13.5. The predicted octanol–water partition coefficient (Wildman–Crippen LogP) is 3.20. The maximum Gasteiger partial charge on any atom is 0.123 e. The number of hydrazine groups is 1. The lowest BCUT2D eigenvalue weighted by atomic mass is 9.94. The molecule has 21 heavy (non-hydrogen) atoms. The van der Waals surface area contributed by atoms with Crippen LogP contribution >= 0.6 is 0 Å². The molecular weight excluding hydrogens is 267 g/mol. The molecule has 0 spiro atoms. The third-order valence-corrected chi connectivity index (χ3v) is 3.70. The highest BCUT2D eigenvalue weighted by atomic mass is 19.1. The first kappa shape index (κ1) is 15.5. The van der Waals surface area contributed by atoms with Crippen molar-refractivity contribution in [1.82, 2.24) is 5.43 Å². The van der Waals surface area contributed by atoms with Crippen molar-refractivity contribution in [2.75, 3.05) is 7.11 Å². The van der Waals surface area contributed by atoms with Crippen molar-refractivity contribution in [3.05, 3.63) is 64.5 Å². The monoisotopic (exact) mass is 288 g/mol. The minimum atomic E-state index is -0.299. The van der Waals surface area contributed by atoms with Crippen molar-refractivity contribution >= 4 is 0 Å². The molecule has 2 aromatic rings. The third kappa shape index (κ3) is 3.60. The first-order chi connectivity index (χ1) is 10.0. The summed E-state index contributed by atoms with van der Waals surface area (Å²) in [5.74, 6) is 6.02. The van der Waals surface area contributed by atoms with Crippen molar-refractivity contribution in [3.8, 4) is 5.75 Å². The normalized spacial score (nSPS) is 12.2. The van der Waals surface area contributed by atoms with E-state index >= 15 is 0 Å². The second kappa shape index (κ2) is 6.70. The number of halogens is 1. The highest BCUT2D eigenvalue weighted by molar-refractivity contribution is 5.39. The van der Waals surface area contributed by atoms with Crippen LogP contribution in [0.25, 0.3) is 0 Å². The average Bonchev–Trinajstić information content (AvgIpc) is 2.48. The van der Waals surface area contributed by atoms with Crippen LogP contribution in [0.5, 0.6) is 5.75 Å². The fraction of sp³-hybridized carbons (Fsp3) is 0.294. The molecule has 3 nitrogen and oxygen atoms in total. The molecule has 0 saturated carbocycles. The zero-order valence-electron chi connectivity index (χ0n) is 12.6. The zero-order chi connectivity index (χ0) is 15.4. The molecule has 0 radical (unpaired) electrons. The van der Waals surface area contributed by atoms with Crippen LogP contribution in [0.4, 0.5) is 4.39 Å². The maximum absolute atomic E-state index is 13.5. The first-order valence-corrected chi connectivity index (χ1v) is 6.91. The Hall–Kier alpha value is -1.91. The Balaban J connectivity index is 2.36. The van der Waals surface area contributed by atoms with Crippen LogP contribution < -0.4 is 16.0 Å². The summed E-state index contributed by atoms with van der Waals surface area (Å²) in [6.45, 7) is 4.11. The van der Waals surface area contributed by atoms with Crippen molar-refractivity contribution in [2.45, 2.75) is 26.3 Å². The van der Waals surface area contributed by atoms with E-state index in [9.17, 15) is 4.39 Å². The smallest absolute Gasteiger partial charge is 0.123 e. The summed E-state index contributed by atoms with van der Waals surface area (Å²) in [5, 5.41) is 0. The molecule has 0 aliphatic carbocycles. The van der Waals surface area contributed by atoms with Gasteiger partial charge in [-0.3, -0.25) is 11.3 Å². The Labute approximate surface area is 124 Å². The van der Waals surface area contributed by atoms with Gasteiger partial charge in [0.05, 0.1) is 13.2 Å². The fourth-order valence-corrected chi connectivity index (χ4v) is 2.48. The van der Waals surface area contributed by atoms with Gasteiger partial charge in [0.25, 0.3) is 0 Å². The van der Waals surface area contributed by atoms with Crippen molar-refractivity contribution < 1.29 is 9.13 Å². The van der Waals surface area contributed by atoms with E-state index in [4.69, 9.17) is 10.6 Å². The molecule has 0 aliphatic heterocycles. The third-order valence-electron chi connectivity index (χ3n) is 3.70. The molecular formula is C17H21FN2O. The van der Waals surface area contributed by atoms with Crippen LogP contribution in [0.15, 0.2) is 36.4 Å². The number of nitrogens with one attached hydrogen (secondary N) is 1. The van der Waals surface area contributed by atoms with E-state index in [1.54, 1.807) is 13.2 Å². The van der Waals surface area contributed by atoms with Crippen LogP contribution in [0.3, 0.4) is 0 Å². The SMILES string of the molecule is COc1ccc(F)cc1C(Cc1cc(C)ccc1C)NN. The van der Waals surface area contributed by atoms with Gasteiger partial charge >= 0.3 is 0 Å². The number of ether oxygens (including phenoxy) is 1. The number of hydrogen-bond donors (Lipinski definition) is 2. The van der Waals surface area contributed by atoms with Gasteiger partial charge in [0, 0.05) is 5.56 Å². The summed E-state index contributed by atoms with van der Waals surface area (Å²) in [6.07, 6.45) is 0.670. The number of benzene rings is 2. The van der Waals surface area contributed by atoms with Gasteiger partial charge in [0.1, 0.15) is 11.6 Å². The molecule has 1 atom stereocenters. The Kier molecular flexibility index (Phi) is 4.94. The minimum Gasteiger partial charge on any atom is -0.496 e. The van der Waals surface area contributed by atoms with Gasteiger partial charge in [-0.2, -0.15) is 0 Å².